The van der Waals surface area contributed by atoms with Gasteiger partial charge in [0.1, 0.15) is 0 Å². The molecule has 1 fully saturated rings. The van der Waals surface area contributed by atoms with Crippen LogP contribution in [0.1, 0.15) is 21.1 Å². The maximum absolute atomic E-state index is 12.5. The van der Waals surface area contributed by atoms with E-state index in [2.05, 4.69) is 15.3 Å². The third kappa shape index (κ3) is 4.04. The average molecular weight is 370 g/mol. The Kier molecular flexibility index (Phi) is 5.21. The molecule has 0 spiro atoms. The highest BCUT2D eigenvalue weighted by molar-refractivity contribution is 7.09. The minimum absolute atomic E-state index is 0.00715. The van der Waals surface area contributed by atoms with Crippen molar-refractivity contribution in [2.24, 2.45) is 0 Å². The minimum Gasteiger partial charge on any atom is -0.336 e. The summed E-state index contributed by atoms with van der Waals surface area (Å²) < 4.78 is 0. The van der Waals surface area contributed by atoms with Crippen LogP contribution in [-0.4, -0.2) is 46.9 Å². The second kappa shape index (κ2) is 7.18. The number of amides is 1. The van der Waals surface area contributed by atoms with Crippen molar-refractivity contribution in [3.63, 3.8) is 0 Å². The van der Waals surface area contributed by atoms with Crippen molar-refractivity contribution in [3.05, 3.63) is 49.9 Å². The molecule has 122 valence electrons. The lowest BCUT2D eigenvalue weighted by Gasteiger charge is -2.34. The van der Waals surface area contributed by atoms with Gasteiger partial charge in [-0.1, -0.05) is 23.2 Å². The molecule has 0 aliphatic carbocycles. The van der Waals surface area contributed by atoms with Gasteiger partial charge in [0.2, 0.25) is 0 Å². The molecule has 0 unspecified atom stereocenters. The molecular formula is C16H17Cl2N3OS. The standard InChI is InChI=1S/C16H17Cl2N3OS/c1-11-19-13(10-23-11)9-20-4-6-21(7-5-20)16(22)12-2-3-14(17)15(18)8-12/h2-3,8,10H,4-7,9H2,1H3. The maximum atomic E-state index is 12.5. The molecule has 0 atom stereocenters. The van der Waals surface area contributed by atoms with Crippen LogP contribution in [0.5, 0.6) is 0 Å². The first-order valence-corrected chi connectivity index (χ1v) is 9.04. The zero-order valence-corrected chi connectivity index (χ0v) is 15.1. The van der Waals surface area contributed by atoms with Crippen molar-refractivity contribution in [1.29, 1.82) is 0 Å². The molecule has 3 rings (SSSR count). The molecule has 0 saturated carbocycles. The van der Waals surface area contributed by atoms with Gasteiger partial charge in [0.05, 0.1) is 20.7 Å². The molecule has 0 radical (unpaired) electrons. The van der Waals surface area contributed by atoms with E-state index >= 15 is 0 Å². The Labute approximate surface area is 149 Å². The summed E-state index contributed by atoms with van der Waals surface area (Å²) in [5, 5.41) is 4.07. The van der Waals surface area contributed by atoms with Gasteiger partial charge in [-0.05, 0) is 25.1 Å². The summed E-state index contributed by atoms with van der Waals surface area (Å²) in [5.41, 5.74) is 1.69. The molecule has 2 heterocycles. The van der Waals surface area contributed by atoms with Gasteiger partial charge >= 0.3 is 0 Å². The number of rotatable bonds is 3. The number of hydrogen-bond donors (Lipinski definition) is 0. The predicted octanol–water partition coefficient (Wildman–Crippen LogP) is 3.72. The second-order valence-electron chi connectivity index (χ2n) is 5.56. The van der Waals surface area contributed by atoms with Crippen LogP contribution in [0.25, 0.3) is 0 Å². The number of hydrogen-bond acceptors (Lipinski definition) is 4. The van der Waals surface area contributed by atoms with Crippen LogP contribution in [0, 0.1) is 6.92 Å². The highest BCUT2D eigenvalue weighted by Gasteiger charge is 2.23. The van der Waals surface area contributed by atoms with Gasteiger partial charge < -0.3 is 4.90 Å². The third-order valence-electron chi connectivity index (χ3n) is 3.88. The fourth-order valence-electron chi connectivity index (χ4n) is 2.63. The van der Waals surface area contributed by atoms with Gasteiger partial charge in [-0.15, -0.1) is 11.3 Å². The highest BCUT2D eigenvalue weighted by Crippen LogP contribution is 2.23. The molecule has 1 aromatic carbocycles. The van der Waals surface area contributed by atoms with Crippen LogP contribution in [0.4, 0.5) is 0 Å². The molecule has 4 nitrogen and oxygen atoms in total. The first-order valence-electron chi connectivity index (χ1n) is 7.40. The Bertz CT molecular complexity index is 711. The topological polar surface area (TPSA) is 36.4 Å². The van der Waals surface area contributed by atoms with E-state index in [0.717, 1.165) is 30.3 Å². The number of thiazole rings is 1. The van der Waals surface area contributed by atoms with E-state index < -0.39 is 0 Å². The van der Waals surface area contributed by atoms with Gasteiger partial charge in [-0.25, -0.2) is 4.98 Å². The Balaban J connectivity index is 1.57. The number of carbonyl (C=O) groups is 1. The number of benzene rings is 1. The summed E-state index contributed by atoms with van der Waals surface area (Å²) in [4.78, 5) is 21.2. The lowest BCUT2D eigenvalue weighted by molar-refractivity contribution is 0.0627. The monoisotopic (exact) mass is 369 g/mol. The number of piperazine rings is 1. The van der Waals surface area contributed by atoms with Crippen molar-refractivity contribution < 1.29 is 4.79 Å². The van der Waals surface area contributed by atoms with E-state index in [1.807, 2.05) is 11.8 Å². The number of halogens is 2. The van der Waals surface area contributed by atoms with E-state index in [0.29, 0.717) is 28.7 Å². The molecule has 1 aromatic heterocycles. The van der Waals surface area contributed by atoms with Crippen molar-refractivity contribution >= 4 is 40.4 Å². The molecule has 1 aliphatic rings. The van der Waals surface area contributed by atoms with E-state index in [1.165, 1.54) is 0 Å². The molecule has 1 amide bonds. The van der Waals surface area contributed by atoms with Crippen LogP contribution in [0.15, 0.2) is 23.6 Å². The number of carbonyl (C=O) groups excluding carboxylic acids is 1. The number of aromatic nitrogens is 1. The van der Waals surface area contributed by atoms with Crippen molar-refractivity contribution in [2.45, 2.75) is 13.5 Å². The van der Waals surface area contributed by atoms with Gasteiger partial charge in [0.25, 0.3) is 5.91 Å². The summed E-state index contributed by atoms with van der Waals surface area (Å²) in [5.74, 6) is 0.00715. The zero-order valence-electron chi connectivity index (χ0n) is 12.8. The lowest BCUT2D eigenvalue weighted by Crippen LogP contribution is -2.48. The highest BCUT2D eigenvalue weighted by atomic mass is 35.5. The molecule has 2 aromatic rings. The smallest absolute Gasteiger partial charge is 0.253 e. The predicted molar refractivity (Wildman–Crippen MR) is 94.5 cm³/mol. The maximum Gasteiger partial charge on any atom is 0.253 e. The summed E-state index contributed by atoms with van der Waals surface area (Å²) in [6.07, 6.45) is 0. The Morgan fingerprint density at radius 1 is 1.22 bits per heavy atom. The molecule has 0 N–H and O–H groups in total. The van der Waals surface area contributed by atoms with Gasteiger partial charge in [0.15, 0.2) is 0 Å². The summed E-state index contributed by atoms with van der Waals surface area (Å²) in [6, 6.07) is 5.02. The Morgan fingerprint density at radius 2 is 1.96 bits per heavy atom. The van der Waals surface area contributed by atoms with E-state index in [-0.39, 0.29) is 5.91 Å². The Morgan fingerprint density at radius 3 is 2.57 bits per heavy atom. The van der Waals surface area contributed by atoms with Crippen LogP contribution in [0.2, 0.25) is 10.0 Å². The second-order valence-corrected chi connectivity index (χ2v) is 7.43. The van der Waals surface area contributed by atoms with Gasteiger partial charge in [-0.3, -0.25) is 9.69 Å². The van der Waals surface area contributed by atoms with Crippen LogP contribution in [-0.2, 0) is 6.54 Å². The van der Waals surface area contributed by atoms with Crippen molar-refractivity contribution in [1.82, 2.24) is 14.8 Å². The van der Waals surface area contributed by atoms with Crippen molar-refractivity contribution in [2.75, 3.05) is 26.2 Å². The summed E-state index contributed by atoms with van der Waals surface area (Å²) in [6.45, 7) is 5.98. The van der Waals surface area contributed by atoms with Crippen molar-refractivity contribution in [3.8, 4) is 0 Å². The SMILES string of the molecule is Cc1nc(CN2CCN(C(=O)c3ccc(Cl)c(Cl)c3)CC2)cs1. The zero-order chi connectivity index (χ0) is 16.4. The molecule has 1 saturated heterocycles. The molecule has 7 heteroatoms. The lowest BCUT2D eigenvalue weighted by atomic mass is 10.2. The normalized spacial score (nSPS) is 15.9. The number of aryl methyl sites for hydroxylation is 1. The van der Waals surface area contributed by atoms with Crippen LogP contribution in [0.3, 0.4) is 0 Å². The Hall–Kier alpha value is -1.14. The largest absolute Gasteiger partial charge is 0.336 e. The first-order chi connectivity index (χ1) is 11.0. The summed E-state index contributed by atoms with van der Waals surface area (Å²) >= 11 is 13.6. The van der Waals surface area contributed by atoms with E-state index in [1.54, 1.807) is 29.5 Å². The first kappa shape index (κ1) is 16.7. The number of nitrogens with zero attached hydrogens (tertiary/aromatic N) is 3. The molecule has 0 bridgehead atoms. The van der Waals surface area contributed by atoms with Crippen LogP contribution >= 0.6 is 34.5 Å². The average Bonchev–Trinajstić information content (AvgIpc) is 2.95. The molecular weight excluding hydrogens is 353 g/mol. The molecule has 23 heavy (non-hydrogen) atoms. The van der Waals surface area contributed by atoms with Gasteiger partial charge in [0, 0.05) is 43.7 Å². The summed E-state index contributed by atoms with van der Waals surface area (Å²) in [7, 11) is 0. The quantitative estimate of drug-likeness (QED) is 0.826. The fourth-order valence-corrected chi connectivity index (χ4v) is 3.53. The minimum atomic E-state index is 0.00715. The fraction of sp³-hybridized carbons (Fsp3) is 0.375. The molecule has 1 aliphatic heterocycles. The third-order valence-corrected chi connectivity index (χ3v) is 5.44. The van der Waals surface area contributed by atoms with E-state index in [4.69, 9.17) is 23.2 Å². The van der Waals surface area contributed by atoms with Crippen LogP contribution < -0.4 is 0 Å². The van der Waals surface area contributed by atoms with Gasteiger partial charge in [-0.2, -0.15) is 0 Å². The van der Waals surface area contributed by atoms with E-state index in [9.17, 15) is 4.79 Å².